The van der Waals surface area contributed by atoms with Crippen molar-refractivity contribution in [3.8, 4) is 0 Å². The lowest BCUT2D eigenvalue weighted by atomic mass is 10.1. The lowest BCUT2D eigenvalue weighted by Crippen LogP contribution is -1.80. The molecule has 0 aliphatic heterocycles. The van der Waals surface area contributed by atoms with Crippen LogP contribution in [0.5, 0.6) is 0 Å². The fourth-order valence-corrected chi connectivity index (χ4v) is 0.850. The predicted octanol–water partition coefficient (Wildman–Crippen LogP) is 5.86. The summed E-state index contributed by atoms with van der Waals surface area (Å²) in [5.74, 6) is 0. The standard InChI is InChI=1S/C11H18.C3H6.C2H4/c1-5-10(4)8-9-11(6-2)7-3;1-3-2;1-2/h5-7H,2,8-9H2,1,3-4H3;3H,1H2,2H3;1-2H2/b10-5+,11-7+;;. The van der Waals surface area contributed by atoms with E-state index in [4.69, 9.17) is 0 Å². The van der Waals surface area contributed by atoms with Crippen LogP contribution in [0.2, 0.25) is 0 Å². The second-order valence-electron chi connectivity index (χ2n) is 3.11. The van der Waals surface area contributed by atoms with Crippen molar-refractivity contribution in [2.24, 2.45) is 0 Å². The first kappa shape index (κ1) is 20.2. The monoisotopic (exact) mass is 220 g/mol. The Labute approximate surface area is 103 Å². The van der Waals surface area contributed by atoms with E-state index >= 15 is 0 Å². The first-order chi connectivity index (χ1) is 7.65. The number of hydrogen-bond donors (Lipinski definition) is 0. The Morgan fingerprint density at radius 3 is 1.62 bits per heavy atom. The van der Waals surface area contributed by atoms with Crippen molar-refractivity contribution in [1.82, 2.24) is 0 Å². The van der Waals surface area contributed by atoms with Gasteiger partial charge in [-0.3, -0.25) is 0 Å². The van der Waals surface area contributed by atoms with Gasteiger partial charge < -0.3 is 0 Å². The highest BCUT2D eigenvalue weighted by atomic mass is 14.0. The van der Waals surface area contributed by atoms with Crippen molar-refractivity contribution in [1.29, 1.82) is 0 Å². The molecule has 92 valence electrons. The molecule has 0 aromatic rings. The minimum atomic E-state index is 1.12. The molecular weight excluding hydrogens is 192 g/mol. The van der Waals surface area contributed by atoms with Crippen LogP contribution >= 0.6 is 0 Å². The molecule has 16 heavy (non-hydrogen) atoms. The number of rotatable bonds is 4. The Hall–Kier alpha value is -1.30. The second kappa shape index (κ2) is 19.3. The molecule has 0 heteroatoms. The lowest BCUT2D eigenvalue weighted by Gasteiger charge is -2.00. The Morgan fingerprint density at radius 1 is 0.938 bits per heavy atom. The first-order valence-corrected chi connectivity index (χ1v) is 5.62. The highest BCUT2D eigenvalue weighted by Gasteiger charge is 1.91. The number of allylic oxidation sites excluding steroid dienone is 6. The Kier molecular flexibility index (Phi) is 24.3. The van der Waals surface area contributed by atoms with E-state index in [9.17, 15) is 0 Å². The summed E-state index contributed by atoms with van der Waals surface area (Å²) in [5, 5.41) is 0. The van der Waals surface area contributed by atoms with Gasteiger partial charge in [0.2, 0.25) is 0 Å². The minimum absolute atomic E-state index is 1.12. The topological polar surface area (TPSA) is 0 Å². The maximum Gasteiger partial charge on any atom is -0.0245 e. The van der Waals surface area contributed by atoms with Gasteiger partial charge in [-0.05, 0) is 40.5 Å². The van der Waals surface area contributed by atoms with E-state index in [1.165, 1.54) is 11.1 Å². The Bertz CT molecular complexity index is 216. The quantitative estimate of drug-likeness (QED) is 0.411. The summed E-state index contributed by atoms with van der Waals surface area (Å²) in [4.78, 5) is 0. The molecule has 0 aliphatic rings. The van der Waals surface area contributed by atoms with Gasteiger partial charge in [-0.1, -0.05) is 42.0 Å². The van der Waals surface area contributed by atoms with Gasteiger partial charge in [0.1, 0.15) is 0 Å². The van der Waals surface area contributed by atoms with Crippen LogP contribution < -0.4 is 0 Å². The summed E-state index contributed by atoms with van der Waals surface area (Å²) in [6, 6.07) is 0. The van der Waals surface area contributed by atoms with Crippen molar-refractivity contribution in [3.05, 3.63) is 61.8 Å². The van der Waals surface area contributed by atoms with Gasteiger partial charge in [-0.2, -0.15) is 0 Å². The fraction of sp³-hybridized carbons (Fsp3) is 0.375. The van der Waals surface area contributed by atoms with E-state index in [-0.39, 0.29) is 0 Å². The molecule has 0 atom stereocenters. The maximum absolute atomic E-state index is 3.75. The third-order valence-corrected chi connectivity index (χ3v) is 1.93. The molecule has 0 nitrogen and oxygen atoms in total. The third-order valence-electron chi connectivity index (χ3n) is 1.93. The largest absolute Gasteiger partial charge is 0.106 e. The summed E-state index contributed by atoms with van der Waals surface area (Å²) in [7, 11) is 0. The third kappa shape index (κ3) is 18.5. The van der Waals surface area contributed by atoms with Gasteiger partial charge in [0.25, 0.3) is 0 Å². The molecule has 0 saturated heterocycles. The molecule has 0 N–H and O–H groups in total. The van der Waals surface area contributed by atoms with E-state index in [2.05, 4.69) is 59.2 Å². The normalized spacial score (nSPS) is 10.2. The second-order valence-corrected chi connectivity index (χ2v) is 3.11. The molecular formula is C16H28. The zero-order valence-electron chi connectivity index (χ0n) is 11.6. The SMILES string of the molecule is C=C.C=C/C(=C\C)CC/C(C)=C/C.C=CC. The average Bonchev–Trinajstić information content (AvgIpc) is 2.33. The molecule has 0 aliphatic carbocycles. The highest BCUT2D eigenvalue weighted by molar-refractivity contribution is 5.16. The smallest absolute Gasteiger partial charge is 0.0245 e. The highest BCUT2D eigenvalue weighted by Crippen LogP contribution is 2.11. The molecule has 0 fully saturated rings. The summed E-state index contributed by atoms with van der Waals surface area (Å²) < 4.78 is 0. The summed E-state index contributed by atoms with van der Waals surface area (Å²) >= 11 is 0. The lowest BCUT2D eigenvalue weighted by molar-refractivity contribution is 0.941. The molecule has 0 saturated carbocycles. The zero-order chi connectivity index (χ0) is 13.4. The van der Waals surface area contributed by atoms with E-state index in [0.29, 0.717) is 0 Å². The maximum atomic E-state index is 3.75. The molecule has 0 aromatic heterocycles. The van der Waals surface area contributed by atoms with Crippen LogP contribution in [-0.2, 0) is 0 Å². The van der Waals surface area contributed by atoms with E-state index in [1.54, 1.807) is 6.08 Å². The van der Waals surface area contributed by atoms with Crippen molar-refractivity contribution < 1.29 is 0 Å². The van der Waals surface area contributed by atoms with Gasteiger partial charge in [-0.25, -0.2) is 0 Å². The van der Waals surface area contributed by atoms with E-state index in [0.717, 1.165) is 12.8 Å². The van der Waals surface area contributed by atoms with Gasteiger partial charge in [0.05, 0.1) is 0 Å². The van der Waals surface area contributed by atoms with Crippen LogP contribution in [0, 0.1) is 0 Å². The van der Waals surface area contributed by atoms with Crippen LogP contribution in [0.3, 0.4) is 0 Å². The summed E-state index contributed by atoms with van der Waals surface area (Å²) in [5.41, 5.74) is 2.79. The van der Waals surface area contributed by atoms with Crippen LogP contribution in [0.1, 0.15) is 40.5 Å². The van der Waals surface area contributed by atoms with Crippen molar-refractivity contribution >= 4 is 0 Å². The molecule has 0 radical (unpaired) electrons. The van der Waals surface area contributed by atoms with Gasteiger partial charge in [0, 0.05) is 0 Å². The van der Waals surface area contributed by atoms with Crippen molar-refractivity contribution in [2.75, 3.05) is 0 Å². The summed E-state index contributed by atoms with van der Waals surface area (Å²) in [6.07, 6.45) is 10.2. The van der Waals surface area contributed by atoms with Crippen LogP contribution in [0.4, 0.5) is 0 Å². The predicted molar refractivity (Wildman–Crippen MR) is 79.7 cm³/mol. The van der Waals surface area contributed by atoms with Crippen LogP contribution in [0.15, 0.2) is 61.8 Å². The Morgan fingerprint density at radius 2 is 1.38 bits per heavy atom. The van der Waals surface area contributed by atoms with Crippen molar-refractivity contribution in [3.63, 3.8) is 0 Å². The Balaban J connectivity index is -0.000000289. The van der Waals surface area contributed by atoms with Gasteiger partial charge in [0.15, 0.2) is 0 Å². The average molecular weight is 220 g/mol. The van der Waals surface area contributed by atoms with Crippen molar-refractivity contribution in [2.45, 2.75) is 40.5 Å². The van der Waals surface area contributed by atoms with Gasteiger partial charge >= 0.3 is 0 Å². The molecule has 0 unspecified atom stereocenters. The minimum Gasteiger partial charge on any atom is -0.106 e. The zero-order valence-corrected chi connectivity index (χ0v) is 11.6. The van der Waals surface area contributed by atoms with Crippen LogP contribution in [0.25, 0.3) is 0 Å². The molecule has 0 bridgehead atoms. The summed E-state index contributed by atoms with van der Waals surface area (Å²) in [6.45, 7) is 21.3. The molecule has 0 aromatic carbocycles. The van der Waals surface area contributed by atoms with E-state index < -0.39 is 0 Å². The number of hydrogen-bond acceptors (Lipinski definition) is 0. The molecule has 0 rings (SSSR count). The van der Waals surface area contributed by atoms with Gasteiger partial charge in [-0.15, -0.1) is 19.7 Å². The molecule has 0 spiro atoms. The van der Waals surface area contributed by atoms with E-state index in [1.807, 2.05) is 13.0 Å². The van der Waals surface area contributed by atoms with Crippen LogP contribution in [-0.4, -0.2) is 0 Å². The fourth-order valence-electron chi connectivity index (χ4n) is 0.850. The first-order valence-electron chi connectivity index (χ1n) is 5.62. The molecule has 0 amide bonds. The molecule has 0 heterocycles.